The molecule has 2 fully saturated rings. The summed E-state index contributed by atoms with van der Waals surface area (Å²) in [6, 6.07) is 13.2. The Kier molecular flexibility index (Phi) is 6.92. The first-order chi connectivity index (χ1) is 18.5. The molecule has 2 aromatic carbocycles. The van der Waals surface area contributed by atoms with Crippen molar-refractivity contribution < 1.29 is 41.2 Å². The predicted molar refractivity (Wildman–Crippen MR) is 141 cm³/mol. The van der Waals surface area contributed by atoms with Gasteiger partial charge in [-0.25, -0.2) is 0 Å². The van der Waals surface area contributed by atoms with Crippen LogP contribution < -0.4 is 9.47 Å². The Bertz CT molecular complexity index is 1440. The van der Waals surface area contributed by atoms with E-state index >= 15 is 0 Å². The van der Waals surface area contributed by atoms with E-state index in [1.165, 1.54) is 30.9 Å². The van der Waals surface area contributed by atoms with Crippen LogP contribution in [0.2, 0.25) is 0 Å². The Balaban J connectivity index is 1.83. The maximum Gasteiger partial charge on any atom is 0.318 e. The van der Waals surface area contributed by atoms with Gasteiger partial charge >= 0.3 is 5.97 Å². The number of carbonyl (C=O) groups excluding carboxylic acids is 3. The molecular weight excluding hydrogens is 546 g/mol. The molecule has 0 bridgehead atoms. The zero-order valence-corrected chi connectivity index (χ0v) is 23.6. The van der Waals surface area contributed by atoms with Crippen molar-refractivity contribution in [3.8, 4) is 11.5 Å². The lowest BCUT2D eigenvalue weighted by Gasteiger charge is -2.54. The molecular formula is C27H29NO9S2. The lowest BCUT2D eigenvalue weighted by molar-refractivity contribution is -0.173. The van der Waals surface area contributed by atoms with Crippen LogP contribution in [-0.2, 0) is 39.0 Å². The van der Waals surface area contributed by atoms with Crippen LogP contribution in [0.3, 0.4) is 0 Å². The summed E-state index contributed by atoms with van der Waals surface area (Å²) in [6.07, 6.45) is -1.20. The highest BCUT2D eigenvalue weighted by Gasteiger charge is 2.77. The van der Waals surface area contributed by atoms with Crippen molar-refractivity contribution in [2.24, 2.45) is 5.41 Å². The second-order valence-corrected chi connectivity index (χ2v) is 12.8. The first-order valence-corrected chi connectivity index (χ1v) is 15.0. The summed E-state index contributed by atoms with van der Waals surface area (Å²) in [5.41, 5.74) is -1.99. The molecule has 4 atom stereocenters. The van der Waals surface area contributed by atoms with Gasteiger partial charge in [-0.1, -0.05) is 18.2 Å². The fourth-order valence-corrected chi connectivity index (χ4v) is 8.24. The number of methoxy groups -OCH3 is 3. The van der Waals surface area contributed by atoms with Crippen molar-refractivity contribution in [1.29, 1.82) is 0 Å². The van der Waals surface area contributed by atoms with Crippen molar-refractivity contribution in [2.45, 2.75) is 41.1 Å². The molecule has 0 aromatic heterocycles. The zero-order valence-electron chi connectivity index (χ0n) is 22.0. The molecule has 5 rings (SSSR count). The van der Waals surface area contributed by atoms with E-state index in [-0.39, 0.29) is 30.4 Å². The molecule has 10 nitrogen and oxygen atoms in total. The van der Waals surface area contributed by atoms with Crippen LogP contribution in [0.5, 0.6) is 11.5 Å². The second kappa shape index (κ2) is 9.83. The lowest BCUT2D eigenvalue weighted by Crippen LogP contribution is -2.63. The predicted octanol–water partition coefficient (Wildman–Crippen LogP) is 2.85. The quantitative estimate of drug-likeness (QED) is 0.359. The number of carbonyl (C=O) groups is 3. The Hall–Kier alpha value is -3.09. The minimum Gasteiger partial charge on any atom is -0.493 e. The molecule has 208 valence electrons. The second-order valence-electron chi connectivity index (χ2n) is 9.88. The fraction of sp³-hybridized carbons (Fsp3) is 0.444. The van der Waals surface area contributed by atoms with E-state index in [1.54, 1.807) is 6.07 Å². The number of nitrogens with zero attached hydrogens (tertiary/aromatic N) is 1. The van der Waals surface area contributed by atoms with E-state index in [4.69, 9.17) is 18.4 Å². The molecule has 1 spiro atoms. The van der Waals surface area contributed by atoms with Gasteiger partial charge in [-0.2, -0.15) is 8.42 Å². The summed E-state index contributed by atoms with van der Waals surface area (Å²) in [5.74, 6) is -1.02. The van der Waals surface area contributed by atoms with E-state index in [0.717, 1.165) is 23.8 Å². The van der Waals surface area contributed by atoms with Crippen molar-refractivity contribution in [1.82, 2.24) is 4.90 Å². The number of hydrogen-bond donors (Lipinski definition) is 0. The Morgan fingerprint density at radius 1 is 1.05 bits per heavy atom. The highest BCUT2D eigenvalue weighted by molar-refractivity contribution is 7.99. The van der Waals surface area contributed by atoms with Crippen molar-refractivity contribution in [3.63, 3.8) is 0 Å². The number of fused-ring (bicyclic) bond motifs is 1. The van der Waals surface area contributed by atoms with Crippen LogP contribution in [0.1, 0.15) is 35.6 Å². The van der Waals surface area contributed by atoms with Crippen LogP contribution in [-0.4, -0.2) is 71.2 Å². The largest absolute Gasteiger partial charge is 0.493 e. The third-order valence-electron chi connectivity index (χ3n) is 7.92. The average Bonchev–Trinajstić information content (AvgIpc) is 3.12. The molecule has 0 unspecified atom stereocenters. The van der Waals surface area contributed by atoms with Crippen LogP contribution in [0.4, 0.5) is 0 Å². The van der Waals surface area contributed by atoms with Gasteiger partial charge in [-0.3, -0.25) is 18.6 Å². The molecule has 1 saturated carbocycles. The molecule has 2 aromatic rings. The van der Waals surface area contributed by atoms with Gasteiger partial charge in [0.05, 0.1) is 38.4 Å². The topological polar surface area (TPSA) is 126 Å². The number of hydrogen-bond acceptors (Lipinski definition) is 10. The van der Waals surface area contributed by atoms with E-state index in [0.29, 0.717) is 17.1 Å². The number of benzene rings is 2. The van der Waals surface area contributed by atoms with Gasteiger partial charge in [0.25, 0.3) is 16.0 Å². The van der Waals surface area contributed by atoms with E-state index in [1.807, 2.05) is 36.4 Å². The van der Waals surface area contributed by atoms with Gasteiger partial charge < -0.3 is 19.1 Å². The minimum absolute atomic E-state index is 0.0817. The van der Waals surface area contributed by atoms with Gasteiger partial charge in [0.2, 0.25) is 0 Å². The highest BCUT2D eigenvalue weighted by atomic mass is 32.2. The van der Waals surface area contributed by atoms with Crippen molar-refractivity contribution in [3.05, 3.63) is 53.6 Å². The van der Waals surface area contributed by atoms with Crippen molar-refractivity contribution >= 4 is 39.5 Å². The zero-order chi connectivity index (χ0) is 28.2. The molecule has 2 heterocycles. The summed E-state index contributed by atoms with van der Waals surface area (Å²) < 4.78 is 46.6. The van der Waals surface area contributed by atoms with E-state index in [2.05, 4.69) is 0 Å². The number of esters is 1. The number of ketones is 1. The minimum atomic E-state index is -4.21. The lowest BCUT2D eigenvalue weighted by atomic mass is 9.56. The maximum absolute atomic E-state index is 14.1. The van der Waals surface area contributed by atoms with Gasteiger partial charge in [0, 0.05) is 24.3 Å². The first kappa shape index (κ1) is 27.5. The number of thioether (sulfide) groups is 1. The van der Waals surface area contributed by atoms with Crippen molar-refractivity contribution in [2.75, 3.05) is 34.1 Å². The Morgan fingerprint density at radius 3 is 2.33 bits per heavy atom. The standard InChI is InChI=1S/C27H29NO9S2/c1-34-20-12-18-19(13-21(20)35-2)27-11-10-16(29)14-26(27,25(31)36-3)23(37-39(4,32)33)24(30)28(27)15-22(18)38-17-8-6-5-7-9-17/h5-9,12-13,22-23H,10-11,14-15H2,1-4H3/t22-,23+,26+,27-/m0/s1. The molecule has 39 heavy (non-hydrogen) atoms. The normalized spacial score (nSPS) is 27.8. The molecule has 2 aliphatic heterocycles. The fourth-order valence-electron chi connectivity index (χ4n) is 6.46. The van der Waals surface area contributed by atoms with E-state index in [9.17, 15) is 22.8 Å². The van der Waals surface area contributed by atoms with Crippen LogP contribution >= 0.6 is 11.8 Å². The molecule has 3 aliphatic rings. The molecule has 0 N–H and O–H groups in total. The van der Waals surface area contributed by atoms with E-state index < -0.39 is 45.5 Å². The summed E-state index contributed by atoms with van der Waals surface area (Å²) >= 11 is 1.52. The van der Waals surface area contributed by atoms with Gasteiger partial charge in [-0.15, -0.1) is 11.8 Å². The van der Waals surface area contributed by atoms with Gasteiger partial charge in [0.15, 0.2) is 17.6 Å². The van der Waals surface area contributed by atoms with Crippen LogP contribution in [0, 0.1) is 5.41 Å². The molecule has 1 aliphatic carbocycles. The average molecular weight is 576 g/mol. The number of rotatable bonds is 7. The number of Topliss-reactive ketones (excluding diaryl/α,β-unsaturated/α-hetero) is 1. The summed E-state index contributed by atoms with van der Waals surface area (Å²) in [4.78, 5) is 43.4. The maximum atomic E-state index is 14.1. The SMILES string of the molecule is COC(=O)[C@]12CC(=O)CC[C@]13c1cc(OC)c(OC)cc1[C@@H](Sc1ccccc1)CN3C(=O)[C@H]2OS(C)(=O)=O. The Morgan fingerprint density at radius 2 is 1.72 bits per heavy atom. The molecule has 0 radical (unpaired) electrons. The first-order valence-electron chi connectivity index (χ1n) is 12.3. The van der Waals surface area contributed by atoms with Crippen LogP contribution in [0.15, 0.2) is 47.4 Å². The Labute approximate surface area is 231 Å². The monoisotopic (exact) mass is 575 g/mol. The number of ether oxygens (including phenoxy) is 3. The van der Waals surface area contributed by atoms with Crippen LogP contribution in [0.25, 0.3) is 0 Å². The molecule has 1 saturated heterocycles. The van der Waals surface area contributed by atoms with Gasteiger partial charge in [-0.05, 0) is 41.8 Å². The van der Waals surface area contributed by atoms with Gasteiger partial charge in [0.1, 0.15) is 11.2 Å². The third kappa shape index (κ3) is 4.11. The third-order valence-corrected chi connectivity index (χ3v) is 9.69. The smallest absolute Gasteiger partial charge is 0.318 e. The summed E-state index contributed by atoms with van der Waals surface area (Å²) in [5, 5.41) is -0.318. The molecule has 12 heteroatoms. The summed E-state index contributed by atoms with van der Waals surface area (Å²) in [7, 11) is -0.0641. The molecule has 1 amide bonds. The highest BCUT2D eigenvalue weighted by Crippen LogP contribution is 2.66. The summed E-state index contributed by atoms with van der Waals surface area (Å²) in [6.45, 7) is 0.136. The number of amides is 1.